The fourth-order valence-corrected chi connectivity index (χ4v) is 2.34. The smallest absolute Gasteiger partial charge is 0.410 e. The number of benzene rings is 1. The topological polar surface area (TPSA) is 81.4 Å². The summed E-state index contributed by atoms with van der Waals surface area (Å²) in [5.41, 5.74) is 1.16. The van der Waals surface area contributed by atoms with Gasteiger partial charge in [-0.05, 0) is 51.1 Å². The van der Waals surface area contributed by atoms with E-state index in [-0.39, 0.29) is 18.3 Å². The average molecular weight is 408 g/mol. The zero-order valence-corrected chi connectivity index (χ0v) is 17.1. The molecule has 3 aromatic rings. The first-order valence-electron chi connectivity index (χ1n) is 9.20. The van der Waals surface area contributed by atoms with Crippen LogP contribution < -0.4 is 0 Å². The summed E-state index contributed by atoms with van der Waals surface area (Å²) in [5, 5.41) is 3.90. The molecule has 0 fully saturated rings. The highest BCUT2D eigenvalue weighted by molar-refractivity contribution is 5.67. The van der Waals surface area contributed by atoms with Crippen molar-refractivity contribution >= 4 is 6.09 Å². The number of nitrogens with zero attached hydrogens (tertiary/aromatic N) is 4. The van der Waals surface area contributed by atoms with Crippen LogP contribution in [0, 0.1) is 17.7 Å². The van der Waals surface area contributed by atoms with Crippen LogP contribution in [0.1, 0.15) is 37.8 Å². The highest BCUT2D eigenvalue weighted by Gasteiger charge is 2.21. The van der Waals surface area contributed by atoms with Gasteiger partial charge >= 0.3 is 6.09 Å². The monoisotopic (exact) mass is 408 g/mol. The number of carbonyl (C=O) groups excluding carboxylic acids is 1. The van der Waals surface area contributed by atoms with E-state index in [0.29, 0.717) is 22.6 Å². The van der Waals surface area contributed by atoms with Gasteiger partial charge in [0.05, 0.1) is 0 Å². The molecule has 8 heteroatoms. The normalized spacial score (nSPS) is 10.8. The van der Waals surface area contributed by atoms with Crippen molar-refractivity contribution in [3.63, 3.8) is 0 Å². The quantitative estimate of drug-likeness (QED) is 0.609. The first kappa shape index (κ1) is 21.0. The number of amides is 1. The highest BCUT2D eigenvalue weighted by Crippen LogP contribution is 2.15. The molecule has 0 aliphatic carbocycles. The maximum Gasteiger partial charge on any atom is 0.410 e. The molecule has 0 unspecified atom stereocenters. The van der Waals surface area contributed by atoms with Crippen molar-refractivity contribution in [1.29, 1.82) is 0 Å². The number of hydrogen-bond donors (Lipinski definition) is 0. The van der Waals surface area contributed by atoms with Crippen LogP contribution in [-0.4, -0.2) is 38.8 Å². The summed E-state index contributed by atoms with van der Waals surface area (Å²) < 4.78 is 23.7. The molecule has 0 bridgehead atoms. The Hall–Kier alpha value is -3.73. The van der Waals surface area contributed by atoms with Crippen molar-refractivity contribution in [3.05, 3.63) is 65.4 Å². The van der Waals surface area contributed by atoms with Crippen molar-refractivity contribution < 1.29 is 18.4 Å². The van der Waals surface area contributed by atoms with Gasteiger partial charge in [-0.2, -0.15) is 4.98 Å². The van der Waals surface area contributed by atoms with Crippen LogP contribution in [0.3, 0.4) is 0 Å². The second kappa shape index (κ2) is 8.74. The minimum Gasteiger partial charge on any atom is -0.444 e. The van der Waals surface area contributed by atoms with Gasteiger partial charge in [-0.25, -0.2) is 9.18 Å². The number of hydrogen-bond acceptors (Lipinski definition) is 6. The van der Waals surface area contributed by atoms with Gasteiger partial charge in [0.2, 0.25) is 11.7 Å². The van der Waals surface area contributed by atoms with Gasteiger partial charge in [-0.15, -0.1) is 0 Å². The average Bonchev–Trinajstić information content (AvgIpc) is 3.14. The predicted octanol–water partition coefficient (Wildman–Crippen LogP) is 4.04. The van der Waals surface area contributed by atoms with Crippen molar-refractivity contribution in [2.75, 3.05) is 7.05 Å². The molecule has 0 saturated carbocycles. The van der Waals surface area contributed by atoms with E-state index in [2.05, 4.69) is 27.0 Å². The standard InChI is InChI=1S/C22H21FN4O3/c1-22(2,3)29-21(28)27(4)14-19-25-20(26-30-19)18-11-10-16(13-24-18)9-8-15-6-5-7-17(23)12-15/h5-7,10-13H,14H2,1-4H3. The van der Waals surface area contributed by atoms with E-state index < -0.39 is 11.7 Å². The Balaban J connectivity index is 1.65. The number of ether oxygens (including phenoxy) is 1. The number of halogens is 1. The highest BCUT2D eigenvalue weighted by atomic mass is 19.1. The molecule has 0 radical (unpaired) electrons. The van der Waals surface area contributed by atoms with Gasteiger partial charge in [0.15, 0.2) is 0 Å². The van der Waals surface area contributed by atoms with Crippen molar-refractivity contribution in [1.82, 2.24) is 20.0 Å². The van der Waals surface area contributed by atoms with Crippen LogP contribution in [0.2, 0.25) is 0 Å². The Morgan fingerprint density at radius 3 is 2.63 bits per heavy atom. The Kier molecular flexibility index (Phi) is 6.11. The zero-order valence-electron chi connectivity index (χ0n) is 17.1. The fraction of sp³-hybridized carbons (Fsp3) is 0.273. The fourth-order valence-electron chi connectivity index (χ4n) is 2.34. The molecule has 0 saturated heterocycles. The van der Waals surface area contributed by atoms with E-state index in [9.17, 15) is 9.18 Å². The largest absolute Gasteiger partial charge is 0.444 e. The molecule has 2 aromatic heterocycles. The minimum atomic E-state index is -0.589. The lowest BCUT2D eigenvalue weighted by Gasteiger charge is -2.23. The van der Waals surface area contributed by atoms with Gasteiger partial charge in [0, 0.05) is 24.4 Å². The molecule has 2 heterocycles. The van der Waals surface area contributed by atoms with Gasteiger partial charge in [-0.1, -0.05) is 23.1 Å². The van der Waals surface area contributed by atoms with E-state index in [1.165, 1.54) is 17.0 Å². The maximum atomic E-state index is 13.2. The summed E-state index contributed by atoms with van der Waals surface area (Å²) in [4.78, 5) is 21.9. The second-order valence-electron chi connectivity index (χ2n) is 7.54. The SMILES string of the molecule is CN(Cc1nc(-c2ccc(C#Cc3cccc(F)c3)cn2)no1)C(=O)OC(C)(C)C. The molecule has 0 aliphatic heterocycles. The van der Waals surface area contributed by atoms with E-state index >= 15 is 0 Å². The van der Waals surface area contributed by atoms with E-state index in [1.807, 2.05) is 0 Å². The molecular formula is C22H21FN4O3. The van der Waals surface area contributed by atoms with Crippen LogP contribution in [0.5, 0.6) is 0 Å². The number of rotatable bonds is 3. The molecule has 0 spiro atoms. The van der Waals surface area contributed by atoms with Crippen LogP contribution >= 0.6 is 0 Å². The Labute approximate surface area is 173 Å². The third-order valence-electron chi connectivity index (χ3n) is 3.71. The van der Waals surface area contributed by atoms with Crippen LogP contribution in [0.25, 0.3) is 11.5 Å². The molecule has 3 rings (SSSR count). The van der Waals surface area contributed by atoms with Crippen molar-refractivity contribution in [2.24, 2.45) is 0 Å². The van der Waals surface area contributed by atoms with Crippen molar-refractivity contribution in [3.8, 4) is 23.4 Å². The molecule has 7 nitrogen and oxygen atoms in total. The molecule has 1 aromatic carbocycles. The van der Waals surface area contributed by atoms with Gasteiger partial charge in [0.25, 0.3) is 0 Å². The van der Waals surface area contributed by atoms with Gasteiger partial charge in [0.1, 0.15) is 23.7 Å². The zero-order chi connectivity index (χ0) is 21.7. The molecular weight excluding hydrogens is 387 g/mol. The number of aromatic nitrogens is 3. The third-order valence-corrected chi connectivity index (χ3v) is 3.71. The molecule has 154 valence electrons. The van der Waals surface area contributed by atoms with Crippen molar-refractivity contribution in [2.45, 2.75) is 32.9 Å². The molecule has 30 heavy (non-hydrogen) atoms. The second-order valence-corrected chi connectivity index (χ2v) is 7.54. The third kappa shape index (κ3) is 5.88. The summed E-state index contributed by atoms with van der Waals surface area (Å²) in [6, 6.07) is 9.54. The first-order chi connectivity index (χ1) is 14.2. The van der Waals surface area contributed by atoms with Crippen LogP contribution in [0.15, 0.2) is 47.1 Å². The van der Waals surface area contributed by atoms with E-state index in [1.54, 1.807) is 58.3 Å². The summed E-state index contributed by atoms with van der Waals surface area (Å²) in [6.07, 6.45) is 1.09. The van der Waals surface area contributed by atoms with E-state index in [4.69, 9.17) is 9.26 Å². The summed E-state index contributed by atoms with van der Waals surface area (Å²) in [7, 11) is 1.59. The van der Waals surface area contributed by atoms with E-state index in [0.717, 1.165) is 0 Å². The van der Waals surface area contributed by atoms with Crippen LogP contribution in [0.4, 0.5) is 9.18 Å². The Morgan fingerprint density at radius 2 is 1.97 bits per heavy atom. The molecule has 0 atom stereocenters. The first-order valence-corrected chi connectivity index (χ1v) is 9.20. The predicted molar refractivity (Wildman–Crippen MR) is 108 cm³/mol. The molecule has 1 amide bonds. The maximum absolute atomic E-state index is 13.2. The Morgan fingerprint density at radius 1 is 1.20 bits per heavy atom. The number of pyridine rings is 1. The van der Waals surface area contributed by atoms with Crippen LogP contribution in [-0.2, 0) is 11.3 Å². The molecule has 0 aliphatic rings. The van der Waals surface area contributed by atoms with Gasteiger partial charge < -0.3 is 14.2 Å². The summed E-state index contributed by atoms with van der Waals surface area (Å²) in [5.74, 6) is 6.04. The summed E-state index contributed by atoms with van der Waals surface area (Å²) >= 11 is 0. The lowest BCUT2D eigenvalue weighted by atomic mass is 10.2. The lowest BCUT2D eigenvalue weighted by Crippen LogP contribution is -2.33. The number of carbonyl (C=O) groups is 1. The minimum absolute atomic E-state index is 0.110. The summed E-state index contributed by atoms with van der Waals surface area (Å²) in [6.45, 7) is 5.49. The molecule has 0 N–H and O–H groups in total. The van der Waals surface area contributed by atoms with Gasteiger partial charge in [-0.3, -0.25) is 4.98 Å². The lowest BCUT2D eigenvalue weighted by molar-refractivity contribution is 0.0268. The Bertz CT molecular complexity index is 1090.